The van der Waals surface area contributed by atoms with Gasteiger partial charge < -0.3 is 10.2 Å². The first-order valence-electron chi connectivity index (χ1n) is 9.78. The highest BCUT2D eigenvalue weighted by Gasteiger charge is 2.19. The lowest BCUT2D eigenvalue weighted by Gasteiger charge is -2.26. The van der Waals surface area contributed by atoms with Gasteiger partial charge in [0.05, 0.1) is 0 Å². The maximum atomic E-state index is 12.5. The smallest absolute Gasteiger partial charge is 0.226 e. The summed E-state index contributed by atoms with van der Waals surface area (Å²) >= 11 is 0. The Hall–Kier alpha value is -2.62. The van der Waals surface area contributed by atoms with Crippen LogP contribution in [0.4, 0.5) is 11.4 Å². The van der Waals surface area contributed by atoms with Crippen molar-refractivity contribution in [1.29, 1.82) is 0 Å². The number of amides is 2. The van der Waals surface area contributed by atoms with Gasteiger partial charge in [-0.15, -0.1) is 0 Å². The van der Waals surface area contributed by atoms with Gasteiger partial charge in [0, 0.05) is 31.3 Å². The molecule has 4 heteroatoms. The number of nitrogens with one attached hydrogen (secondary N) is 1. The summed E-state index contributed by atoms with van der Waals surface area (Å²) in [5.41, 5.74) is 5.21. The number of rotatable bonds is 8. The zero-order valence-electron chi connectivity index (χ0n) is 16.8. The summed E-state index contributed by atoms with van der Waals surface area (Å²) in [6, 6.07) is 14.0. The molecule has 0 saturated carbocycles. The number of para-hydroxylation sites is 2. The van der Waals surface area contributed by atoms with E-state index in [9.17, 15) is 9.59 Å². The fourth-order valence-corrected chi connectivity index (χ4v) is 3.37. The molecule has 2 aromatic rings. The van der Waals surface area contributed by atoms with Gasteiger partial charge in [0.25, 0.3) is 0 Å². The maximum Gasteiger partial charge on any atom is 0.226 e. The quantitative estimate of drug-likeness (QED) is 0.732. The molecule has 0 aliphatic carbocycles. The molecule has 0 bridgehead atoms. The first kappa shape index (κ1) is 20.7. The fraction of sp³-hybridized carbons (Fsp3) is 0.391. The molecule has 0 spiro atoms. The Bertz CT molecular complexity index is 776. The van der Waals surface area contributed by atoms with E-state index in [1.54, 1.807) is 11.8 Å². The second-order valence-electron chi connectivity index (χ2n) is 6.61. The monoisotopic (exact) mass is 366 g/mol. The first-order chi connectivity index (χ1) is 13.0. The van der Waals surface area contributed by atoms with Crippen LogP contribution in [-0.4, -0.2) is 18.4 Å². The number of anilines is 2. The van der Waals surface area contributed by atoms with E-state index in [0.717, 1.165) is 47.3 Å². The molecule has 0 fully saturated rings. The molecule has 2 aromatic carbocycles. The summed E-state index contributed by atoms with van der Waals surface area (Å²) < 4.78 is 0. The molecule has 4 nitrogen and oxygen atoms in total. The van der Waals surface area contributed by atoms with Gasteiger partial charge in [-0.3, -0.25) is 9.59 Å². The third kappa shape index (κ3) is 5.19. The average molecular weight is 367 g/mol. The summed E-state index contributed by atoms with van der Waals surface area (Å²) in [5, 5.41) is 2.99. The Morgan fingerprint density at radius 1 is 0.852 bits per heavy atom. The van der Waals surface area contributed by atoms with E-state index in [0.29, 0.717) is 6.54 Å². The molecule has 27 heavy (non-hydrogen) atoms. The zero-order chi connectivity index (χ0) is 19.8. The first-order valence-corrected chi connectivity index (χ1v) is 9.78. The highest BCUT2D eigenvalue weighted by atomic mass is 16.2. The Kier molecular flexibility index (Phi) is 7.59. The van der Waals surface area contributed by atoms with Crippen LogP contribution in [0.1, 0.15) is 50.8 Å². The van der Waals surface area contributed by atoms with Crippen molar-refractivity contribution in [3.05, 3.63) is 59.2 Å². The van der Waals surface area contributed by atoms with Gasteiger partial charge in [0.15, 0.2) is 0 Å². The van der Waals surface area contributed by atoms with Crippen LogP contribution in [0.5, 0.6) is 0 Å². The van der Waals surface area contributed by atoms with Gasteiger partial charge in [-0.05, 0) is 42.0 Å². The van der Waals surface area contributed by atoms with E-state index in [2.05, 4.69) is 38.2 Å². The predicted molar refractivity (Wildman–Crippen MR) is 112 cm³/mol. The number of hydrogen-bond donors (Lipinski definition) is 1. The van der Waals surface area contributed by atoms with Crippen molar-refractivity contribution in [3.63, 3.8) is 0 Å². The molecule has 2 rings (SSSR count). The van der Waals surface area contributed by atoms with Gasteiger partial charge in [0.2, 0.25) is 11.8 Å². The van der Waals surface area contributed by atoms with E-state index in [1.807, 2.05) is 30.3 Å². The van der Waals surface area contributed by atoms with Crippen LogP contribution >= 0.6 is 0 Å². The molecule has 0 saturated heterocycles. The molecular weight excluding hydrogens is 336 g/mol. The normalized spacial score (nSPS) is 10.5. The molecule has 2 amide bonds. The number of carbonyl (C=O) groups is 2. The van der Waals surface area contributed by atoms with E-state index < -0.39 is 0 Å². The van der Waals surface area contributed by atoms with Crippen molar-refractivity contribution in [1.82, 2.24) is 0 Å². The molecule has 1 N–H and O–H groups in total. The second kappa shape index (κ2) is 9.91. The fourth-order valence-electron chi connectivity index (χ4n) is 3.37. The minimum atomic E-state index is -0.0748. The van der Waals surface area contributed by atoms with Crippen molar-refractivity contribution < 1.29 is 9.59 Å². The van der Waals surface area contributed by atoms with Gasteiger partial charge in [-0.1, -0.05) is 57.2 Å². The lowest BCUT2D eigenvalue weighted by molar-refractivity contribution is -0.117. The molecule has 0 atom stereocenters. The van der Waals surface area contributed by atoms with E-state index in [1.165, 1.54) is 0 Å². The van der Waals surface area contributed by atoms with E-state index >= 15 is 0 Å². The minimum absolute atomic E-state index is 0.0349. The van der Waals surface area contributed by atoms with Crippen LogP contribution in [0.25, 0.3) is 0 Å². The van der Waals surface area contributed by atoms with Gasteiger partial charge in [-0.25, -0.2) is 0 Å². The van der Waals surface area contributed by atoms with Gasteiger partial charge in [0.1, 0.15) is 0 Å². The maximum absolute atomic E-state index is 12.5. The Labute approximate surface area is 162 Å². The van der Waals surface area contributed by atoms with Crippen LogP contribution in [0.15, 0.2) is 42.5 Å². The summed E-state index contributed by atoms with van der Waals surface area (Å²) in [7, 11) is 0. The SMILES string of the molecule is CCc1ccccc1NC(=O)CCN(C(C)=O)c1c(CC)cccc1CC. The third-order valence-corrected chi connectivity index (χ3v) is 4.85. The molecule has 0 heterocycles. The lowest BCUT2D eigenvalue weighted by Crippen LogP contribution is -2.33. The van der Waals surface area contributed by atoms with Crippen LogP contribution in [-0.2, 0) is 28.9 Å². The molecule has 0 aromatic heterocycles. The molecule has 0 unspecified atom stereocenters. The second-order valence-corrected chi connectivity index (χ2v) is 6.61. The summed E-state index contributed by atoms with van der Waals surface area (Å²) in [6.07, 6.45) is 2.82. The van der Waals surface area contributed by atoms with Crippen molar-refractivity contribution >= 4 is 23.2 Å². The van der Waals surface area contributed by atoms with Crippen molar-refractivity contribution in [2.75, 3.05) is 16.8 Å². The summed E-state index contributed by atoms with van der Waals surface area (Å²) in [4.78, 5) is 26.6. The zero-order valence-corrected chi connectivity index (χ0v) is 16.8. The molecule has 144 valence electrons. The van der Waals surface area contributed by atoms with E-state index in [-0.39, 0.29) is 18.2 Å². The average Bonchev–Trinajstić information content (AvgIpc) is 2.68. The van der Waals surface area contributed by atoms with Crippen LogP contribution < -0.4 is 10.2 Å². The number of carbonyl (C=O) groups excluding carboxylic acids is 2. The van der Waals surface area contributed by atoms with Gasteiger partial charge in [-0.2, -0.15) is 0 Å². The molecule has 0 aliphatic heterocycles. The van der Waals surface area contributed by atoms with Crippen LogP contribution in [0.2, 0.25) is 0 Å². The number of benzene rings is 2. The van der Waals surface area contributed by atoms with Crippen molar-refractivity contribution in [2.24, 2.45) is 0 Å². The topological polar surface area (TPSA) is 49.4 Å². The van der Waals surface area contributed by atoms with Crippen molar-refractivity contribution in [2.45, 2.75) is 53.4 Å². The van der Waals surface area contributed by atoms with E-state index in [4.69, 9.17) is 0 Å². The predicted octanol–water partition coefficient (Wildman–Crippen LogP) is 4.76. The Morgan fingerprint density at radius 2 is 1.41 bits per heavy atom. The third-order valence-electron chi connectivity index (χ3n) is 4.85. The minimum Gasteiger partial charge on any atom is -0.326 e. The molecule has 0 radical (unpaired) electrons. The summed E-state index contributed by atoms with van der Waals surface area (Å²) in [6.45, 7) is 8.18. The van der Waals surface area contributed by atoms with Gasteiger partial charge >= 0.3 is 0 Å². The molecular formula is C23H30N2O2. The lowest BCUT2D eigenvalue weighted by atomic mass is 10.0. The van der Waals surface area contributed by atoms with Crippen molar-refractivity contribution in [3.8, 4) is 0 Å². The van der Waals surface area contributed by atoms with Crippen LogP contribution in [0.3, 0.4) is 0 Å². The highest BCUT2D eigenvalue weighted by molar-refractivity contribution is 5.96. The highest BCUT2D eigenvalue weighted by Crippen LogP contribution is 2.27. The number of nitrogens with zero attached hydrogens (tertiary/aromatic N) is 1. The standard InChI is InChI=1S/C23H30N2O2/c1-5-18-11-8-9-14-21(18)24-22(27)15-16-25(17(4)26)23-19(6-2)12-10-13-20(23)7-3/h8-14H,5-7,15-16H2,1-4H3,(H,24,27). The van der Waals surface area contributed by atoms with Crippen LogP contribution in [0, 0.1) is 0 Å². The largest absolute Gasteiger partial charge is 0.326 e. The molecule has 0 aliphatic rings. The Morgan fingerprint density at radius 3 is 1.96 bits per heavy atom. The number of hydrogen-bond acceptors (Lipinski definition) is 2. The summed E-state index contributed by atoms with van der Waals surface area (Å²) in [5.74, 6) is -0.110. The Balaban J connectivity index is 2.16. The number of aryl methyl sites for hydroxylation is 3.